The van der Waals surface area contributed by atoms with E-state index in [2.05, 4.69) is 35.8 Å². The fraction of sp³-hybridized carbons (Fsp3) is 0.172. The Kier molecular flexibility index (Phi) is 6.96. The number of aliphatic hydroxyl groups is 1. The van der Waals surface area contributed by atoms with Crippen LogP contribution in [0.1, 0.15) is 31.5 Å². The number of fused-ring (bicyclic) bond motifs is 1. The van der Waals surface area contributed by atoms with Crippen molar-refractivity contribution < 1.29 is 9.63 Å². The van der Waals surface area contributed by atoms with E-state index in [-0.39, 0.29) is 24.1 Å². The third kappa shape index (κ3) is 5.28. The van der Waals surface area contributed by atoms with E-state index in [1.165, 1.54) is 0 Å². The molecule has 12 nitrogen and oxygen atoms in total. The quantitative estimate of drug-likeness (QED) is 0.199. The molecule has 0 bridgehead atoms. The van der Waals surface area contributed by atoms with Crippen molar-refractivity contribution in [3.05, 3.63) is 95.2 Å². The van der Waals surface area contributed by atoms with E-state index in [1.54, 1.807) is 42.9 Å². The summed E-state index contributed by atoms with van der Waals surface area (Å²) in [7, 11) is 0. The Morgan fingerprint density at radius 1 is 1.05 bits per heavy atom. The molecule has 0 aliphatic carbocycles. The Bertz CT molecular complexity index is 1850. The summed E-state index contributed by atoms with van der Waals surface area (Å²) in [5.41, 5.74) is 3.41. The van der Waals surface area contributed by atoms with Gasteiger partial charge in [0.1, 0.15) is 11.4 Å². The second-order valence-electron chi connectivity index (χ2n) is 9.67. The summed E-state index contributed by atoms with van der Waals surface area (Å²) >= 11 is 0. The van der Waals surface area contributed by atoms with Crippen molar-refractivity contribution in [2.45, 2.75) is 25.9 Å². The lowest BCUT2D eigenvalue weighted by atomic mass is 10.1. The van der Waals surface area contributed by atoms with Gasteiger partial charge in [0, 0.05) is 35.9 Å². The van der Waals surface area contributed by atoms with Gasteiger partial charge >= 0.3 is 0 Å². The minimum absolute atomic E-state index is 0.0710. The average molecular weight is 550 g/mol. The van der Waals surface area contributed by atoms with Crippen LogP contribution >= 0.6 is 0 Å². The van der Waals surface area contributed by atoms with E-state index in [9.17, 15) is 9.90 Å². The standard InChI is InChI=1S/C29H27N9O3/c1-17(2)38-24-14-20(8-9-21(24)27(40)36-38)32-29-31-15-22(28-34-25(37-41-28)19-10-12-30-13-11-19)26(35-29)33-23(16-39)18-6-4-3-5-7-18/h3-15,17,23,39H,16H2,1-2H3,(H,36,40)(H2,31,32,33,35)/t23-/m1/s1. The normalized spacial score (nSPS) is 12.1. The zero-order valence-electron chi connectivity index (χ0n) is 22.3. The Morgan fingerprint density at radius 2 is 1.85 bits per heavy atom. The second-order valence-corrected chi connectivity index (χ2v) is 9.67. The Morgan fingerprint density at radius 3 is 2.61 bits per heavy atom. The number of benzene rings is 2. The molecule has 2 aromatic carbocycles. The predicted molar refractivity (Wildman–Crippen MR) is 155 cm³/mol. The van der Waals surface area contributed by atoms with Gasteiger partial charge in [-0.15, -0.1) is 0 Å². The Balaban J connectivity index is 1.38. The molecule has 0 fully saturated rings. The molecular weight excluding hydrogens is 522 g/mol. The Labute approximate surface area is 234 Å². The summed E-state index contributed by atoms with van der Waals surface area (Å²) in [6.45, 7) is 3.81. The lowest BCUT2D eigenvalue weighted by Gasteiger charge is -2.19. The summed E-state index contributed by atoms with van der Waals surface area (Å²) < 4.78 is 7.41. The number of H-pyrrole nitrogens is 1. The van der Waals surface area contributed by atoms with Crippen LogP contribution in [0.5, 0.6) is 0 Å². The van der Waals surface area contributed by atoms with Gasteiger partial charge in [-0.3, -0.25) is 19.6 Å². The number of aliphatic hydroxyl groups excluding tert-OH is 1. The van der Waals surface area contributed by atoms with Crippen LogP contribution in [-0.2, 0) is 0 Å². The molecule has 6 aromatic rings. The minimum Gasteiger partial charge on any atom is -0.394 e. The van der Waals surface area contributed by atoms with Gasteiger partial charge in [-0.1, -0.05) is 35.5 Å². The van der Waals surface area contributed by atoms with Crippen molar-refractivity contribution in [2.24, 2.45) is 0 Å². The monoisotopic (exact) mass is 549 g/mol. The van der Waals surface area contributed by atoms with Crippen LogP contribution in [0.15, 0.2) is 88.6 Å². The number of hydrogen-bond acceptors (Lipinski definition) is 10. The van der Waals surface area contributed by atoms with Crippen molar-refractivity contribution >= 4 is 28.4 Å². The first-order chi connectivity index (χ1) is 20.0. The molecule has 206 valence electrons. The Hall–Kier alpha value is -5.36. The first kappa shape index (κ1) is 25.9. The number of hydrogen-bond donors (Lipinski definition) is 4. The molecule has 6 rings (SSSR count). The van der Waals surface area contributed by atoms with Gasteiger partial charge in [0.05, 0.1) is 23.6 Å². The zero-order chi connectivity index (χ0) is 28.3. The van der Waals surface area contributed by atoms with Crippen molar-refractivity contribution in [1.82, 2.24) is 34.9 Å². The van der Waals surface area contributed by atoms with E-state index in [4.69, 9.17) is 9.51 Å². The van der Waals surface area contributed by atoms with Gasteiger partial charge in [-0.05, 0) is 49.7 Å². The number of anilines is 3. The van der Waals surface area contributed by atoms with Crippen LogP contribution < -0.4 is 16.2 Å². The molecule has 4 aromatic heterocycles. The molecule has 0 aliphatic heterocycles. The largest absolute Gasteiger partial charge is 0.394 e. The highest BCUT2D eigenvalue weighted by atomic mass is 16.5. The molecule has 0 aliphatic rings. The van der Waals surface area contributed by atoms with E-state index in [0.717, 1.165) is 16.6 Å². The third-order valence-corrected chi connectivity index (χ3v) is 6.58. The number of pyridine rings is 1. The van der Waals surface area contributed by atoms with Gasteiger partial charge in [0.25, 0.3) is 11.4 Å². The highest BCUT2D eigenvalue weighted by molar-refractivity contribution is 5.83. The van der Waals surface area contributed by atoms with Gasteiger partial charge in [0.15, 0.2) is 0 Å². The second kappa shape index (κ2) is 11.0. The summed E-state index contributed by atoms with van der Waals surface area (Å²) in [5, 5.41) is 24.3. The first-order valence-electron chi connectivity index (χ1n) is 13.1. The van der Waals surface area contributed by atoms with Gasteiger partial charge in [-0.25, -0.2) is 4.98 Å². The van der Waals surface area contributed by atoms with Crippen molar-refractivity contribution in [2.75, 3.05) is 17.2 Å². The smallest absolute Gasteiger partial charge is 0.271 e. The maximum absolute atomic E-state index is 12.4. The van der Waals surface area contributed by atoms with Gasteiger partial charge in [-0.2, -0.15) is 9.97 Å². The molecule has 12 heteroatoms. The number of rotatable bonds is 9. The number of nitrogens with zero attached hydrogens (tertiary/aromatic N) is 6. The number of nitrogens with one attached hydrogen (secondary N) is 3. The molecular formula is C29H27N9O3. The summed E-state index contributed by atoms with van der Waals surface area (Å²) in [6, 6.07) is 18.2. The molecule has 4 N–H and O–H groups in total. The van der Waals surface area contributed by atoms with E-state index in [0.29, 0.717) is 34.2 Å². The lowest BCUT2D eigenvalue weighted by Crippen LogP contribution is -2.17. The zero-order valence-corrected chi connectivity index (χ0v) is 22.3. The topological polar surface area (TPSA) is 160 Å². The third-order valence-electron chi connectivity index (χ3n) is 6.58. The summed E-state index contributed by atoms with van der Waals surface area (Å²) in [6.07, 6.45) is 4.89. The molecule has 41 heavy (non-hydrogen) atoms. The number of aromatic nitrogens is 7. The molecule has 0 radical (unpaired) electrons. The van der Waals surface area contributed by atoms with Crippen LogP contribution in [0, 0.1) is 0 Å². The average Bonchev–Trinajstić information content (AvgIpc) is 3.62. The molecule has 4 heterocycles. The van der Waals surface area contributed by atoms with Crippen LogP contribution in [0.2, 0.25) is 0 Å². The fourth-order valence-electron chi connectivity index (χ4n) is 4.51. The van der Waals surface area contributed by atoms with Crippen LogP contribution in [0.25, 0.3) is 33.7 Å². The van der Waals surface area contributed by atoms with Crippen molar-refractivity contribution in [1.29, 1.82) is 0 Å². The first-order valence-corrected chi connectivity index (χ1v) is 13.1. The highest BCUT2D eigenvalue weighted by Gasteiger charge is 2.20. The fourth-order valence-corrected chi connectivity index (χ4v) is 4.51. The maximum atomic E-state index is 12.4. The van der Waals surface area contributed by atoms with Crippen molar-refractivity contribution in [3.63, 3.8) is 0 Å². The molecule has 0 spiro atoms. The molecule has 0 saturated carbocycles. The van der Waals surface area contributed by atoms with Crippen LogP contribution in [0.4, 0.5) is 17.5 Å². The molecule has 0 unspecified atom stereocenters. The SMILES string of the molecule is CC(C)n1[nH]c(=O)c2ccc(Nc3ncc(-c4nc(-c5ccncc5)no4)c(N[C@H](CO)c4ccccc4)n3)cc21. The van der Waals surface area contributed by atoms with Gasteiger partial charge in [0.2, 0.25) is 11.8 Å². The predicted octanol–water partition coefficient (Wildman–Crippen LogP) is 4.70. The molecule has 1 atom stereocenters. The summed E-state index contributed by atoms with van der Waals surface area (Å²) in [5.74, 6) is 1.29. The lowest BCUT2D eigenvalue weighted by molar-refractivity contribution is 0.276. The number of aromatic amines is 1. The maximum Gasteiger partial charge on any atom is 0.271 e. The van der Waals surface area contributed by atoms with Crippen molar-refractivity contribution in [3.8, 4) is 22.8 Å². The van der Waals surface area contributed by atoms with Gasteiger partial charge < -0.3 is 20.3 Å². The molecule has 0 amide bonds. The molecule has 0 saturated heterocycles. The van der Waals surface area contributed by atoms with E-state index < -0.39 is 6.04 Å². The van der Waals surface area contributed by atoms with Crippen LogP contribution in [-0.4, -0.2) is 46.6 Å². The van der Waals surface area contributed by atoms with Crippen LogP contribution in [0.3, 0.4) is 0 Å². The van der Waals surface area contributed by atoms with E-state index >= 15 is 0 Å². The minimum atomic E-state index is -0.461. The highest BCUT2D eigenvalue weighted by Crippen LogP contribution is 2.31. The van der Waals surface area contributed by atoms with E-state index in [1.807, 2.05) is 54.9 Å². The summed E-state index contributed by atoms with van der Waals surface area (Å²) in [4.78, 5) is 30.2.